The third-order valence-electron chi connectivity index (χ3n) is 2.24. The molecule has 0 aliphatic rings. The van der Waals surface area contributed by atoms with Crippen LogP contribution in [0.3, 0.4) is 0 Å². The molecular weight excluding hydrogens is 288 g/mol. The van der Waals surface area contributed by atoms with Gasteiger partial charge in [0.05, 0.1) is 5.69 Å². The lowest BCUT2D eigenvalue weighted by atomic mass is 10.3. The highest BCUT2D eigenvalue weighted by atomic mass is 79.9. The highest BCUT2D eigenvalue weighted by molar-refractivity contribution is 9.10. The molecule has 0 atom stereocenters. The molecule has 0 bridgehead atoms. The van der Waals surface area contributed by atoms with Crippen molar-refractivity contribution in [3.8, 4) is 0 Å². The van der Waals surface area contributed by atoms with Crippen molar-refractivity contribution < 1.29 is 0 Å². The Morgan fingerprint density at radius 3 is 3.00 bits per heavy atom. The molecule has 0 radical (unpaired) electrons. The second-order valence-corrected chi connectivity index (χ2v) is 5.21. The molecule has 0 spiro atoms. The third kappa shape index (κ3) is 2.41. The van der Waals surface area contributed by atoms with E-state index in [9.17, 15) is 4.79 Å². The van der Waals surface area contributed by atoms with Crippen LogP contribution in [0.1, 0.15) is 23.3 Å². The van der Waals surface area contributed by atoms with Crippen LogP contribution < -0.4 is 5.56 Å². The smallest absolute Gasteiger partial charge is 0.265 e. The van der Waals surface area contributed by atoms with E-state index in [0.717, 1.165) is 17.9 Å². The van der Waals surface area contributed by atoms with E-state index in [-0.39, 0.29) is 5.56 Å². The van der Waals surface area contributed by atoms with Gasteiger partial charge in [0.1, 0.15) is 10.3 Å². The predicted octanol–water partition coefficient (Wildman–Crippen LogP) is 2.75. The standard InChI is InChI=1S/C11H11BrN2OS/c1-2-8-10(12)11(15)14-9(13-8)6-7-4-3-5-16-7/h3-5H,2,6H2,1H3,(H,13,14,15). The van der Waals surface area contributed by atoms with Crippen molar-refractivity contribution in [2.24, 2.45) is 0 Å². The lowest BCUT2D eigenvalue weighted by Gasteiger charge is -2.03. The van der Waals surface area contributed by atoms with Crippen molar-refractivity contribution in [2.45, 2.75) is 19.8 Å². The summed E-state index contributed by atoms with van der Waals surface area (Å²) in [7, 11) is 0. The van der Waals surface area contributed by atoms with Crippen molar-refractivity contribution in [2.75, 3.05) is 0 Å². The summed E-state index contributed by atoms with van der Waals surface area (Å²) in [5.74, 6) is 0.729. The maximum absolute atomic E-state index is 11.6. The third-order valence-corrected chi connectivity index (χ3v) is 3.93. The maximum atomic E-state index is 11.6. The van der Waals surface area contributed by atoms with Crippen LogP contribution in [0.25, 0.3) is 0 Å². The minimum absolute atomic E-state index is 0.0987. The zero-order valence-electron chi connectivity index (χ0n) is 8.79. The molecule has 0 saturated carbocycles. The van der Waals surface area contributed by atoms with Gasteiger partial charge in [0, 0.05) is 11.3 Å². The first kappa shape index (κ1) is 11.5. The zero-order valence-corrected chi connectivity index (χ0v) is 11.2. The molecule has 0 aliphatic heterocycles. The molecule has 84 valence electrons. The van der Waals surface area contributed by atoms with Crippen molar-refractivity contribution in [1.82, 2.24) is 9.97 Å². The number of hydrogen-bond donors (Lipinski definition) is 1. The van der Waals surface area contributed by atoms with E-state index in [1.54, 1.807) is 11.3 Å². The van der Waals surface area contributed by atoms with E-state index in [2.05, 4.69) is 25.9 Å². The average Bonchev–Trinajstić information content (AvgIpc) is 2.76. The number of rotatable bonds is 3. The van der Waals surface area contributed by atoms with Gasteiger partial charge in [-0.25, -0.2) is 4.98 Å². The molecular formula is C11H11BrN2OS. The summed E-state index contributed by atoms with van der Waals surface area (Å²) in [5, 5.41) is 2.02. The van der Waals surface area contributed by atoms with E-state index in [1.165, 1.54) is 4.88 Å². The van der Waals surface area contributed by atoms with Crippen LogP contribution >= 0.6 is 27.3 Å². The van der Waals surface area contributed by atoms with Gasteiger partial charge in [-0.1, -0.05) is 13.0 Å². The van der Waals surface area contributed by atoms with Gasteiger partial charge in [-0.3, -0.25) is 4.79 Å². The number of thiophene rings is 1. The lowest BCUT2D eigenvalue weighted by molar-refractivity contribution is 0.882. The number of nitrogens with one attached hydrogen (secondary N) is 1. The van der Waals surface area contributed by atoms with Gasteiger partial charge in [-0.15, -0.1) is 11.3 Å². The summed E-state index contributed by atoms with van der Waals surface area (Å²) < 4.78 is 0.546. The largest absolute Gasteiger partial charge is 0.309 e. The summed E-state index contributed by atoms with van der Waals surface area (Å²) in [4.78, 5) is 20.0. The number of hydrogen-bond acceptors (Lipinski definition) is 3. The minimum Gasteiger partial charge on any atom is -0.309 e. The van der Waals surface area contributed by atoms with Gasteiger partial charge in [0.2, 0.25) is 0 Å². The Labute approximate surface area is 106 Å². The Balaban J connectivity index is 2.35. The number of halogens is 1. The van der Waals surface area contributed by atoms with Crippen LogP contribution in [0.4, 0.5) is 0 Å². The van der Waals surface area contributed by atoms with Gasteiger partial charge < -0.3 is 4.98 Å². The van der Waals surface area contributed by atoms with Crippen LogP contribution in [-0.4, -0.2) is 9.97 Å². The molecule has 0 aromatic carbocycles. The van der Waals surface area contributed by atoms with Crippen molar-refractivity contribution >= 4 is 27.3 Å². The number of aromatic amines is 1. The highest BCUT2D eigenvalue weighted by Crippen LogP contribution is 2.14. The summed E-state index contributed by atoms with van der Waals surface area (Å²) in [6.45, 7) is 1.99. The molecule has 0 unspecified atom stereocenters. The highest BCUT2D eigenvalue weighted by Gasteiger charge is 2.07. The molecule has 2 heterocycles. The molecule has 0 amide bonds. The predicted molar refractivity (Wildman–Crippen MR) is 69.1 cm³/mol. The molecule has 0 fully saturated rings. The number of aromatic nitrogens is 2. The van der Waals surface area contributed by atoms with Gasteiger partial charge in [-0.05, 0) is 33.8 Å². The molecule has 0 aliphatic carbocycles. The molecule has 2 aromatic heterocycles. The normalized spacial score (nSPS) is 10.6. The van der Waals surface area contributed by atoms with E-state index in [4.69, 9.17) is 0 Å². The van der Waals surface area contributed by atoms with Crippen molar-refractivity contribution in [3.63, 3.8) is 0 Å². The molecule has 0 saturated heterocycles. The van der Waals surface area contributed by atoms with Gasteiger partial charge in [0.15, 0.2) is 0 Å². The second-order valence-electron chi connectivity index (χ2n) is 3.38. The van der Waals surface area contributed by atoms with Crippen molar-refractivity contribution in [1.29, 1.82) is 0 Å². The quantitative estimate of drug-likeness (QED) is 0.947. The monoisotopic (exact) mass is 298 g/mol. The molecule has 3 nitrogen and oxygen atoms in total. The fourth-order valence-corrected chi connectivity index (χ4v) is 2.63. The first-order valence-electron chi connectivity index (χ1n) is 5.00. The SMILES string of the molecule is CCc1nc(Cc2cccs2)[nH]c(=O)c1Br. The Hall–Kier alpha value is -0.940. The number of aryl methyl sites for hydroxylation is 1. The van der Waals surface area contributed by atoms with E-state index < -0.39 is 0 Å². The summed E-state index contributed by atoms with van der Waals surface area (Å²) >= 11 is 4.92. The summed E-state index contributed by atoms with van der Waals surface area (Å²) in [6.07, 6.45) is 1.44. The molecule has 1 N–H and O–H groups in total. The van der Waals surface area contributed by atoms with Gasteiger partial charge >= 0.3 is 0 Å². The molecule has 2 rings (SSSR count). The van der Waals surface area contributed by atoms with E-state index in [0.29, 0.717) is 10.9 Å². The Morgan fingerprint density at radius 2 is 2.38 bits per heavy atom. The fourth-order valence-electron chi connectivity index (χ4n) is 1.45. The molecule has 5 heteroatoms. The first-order valence-corrected chi connectivity index (χ1v) is 6.68. The van der Waals surface area contributed by atoms with Gasteiger partial charge in [0.25, 0.3) is 5.56 Å². The zero-order chi connectivity index (χ0) is 11.5. The first-order chi connectivity index (χ1) is 7.70. The number of nitrogens with zero attached hydrogens (tertiary/aromatic N) is 1. The van der Waals surface area contributed by atoms with Crippen LogP contribution in [0.2, 0.25) is 0 Å². The fraction of sp³-hybridized carbons (Fsp3) is 0.273. The van der Waals surface area contributed by atoms with Crippen LogP contribution in [-0.2, 0) is 12.8 Å². The molecule has 2 aromatic rings. The van der Waals surface area contributed by atoms with Crippen LogP contribution in [0, 0.1) is 0 Å². The van der Waals surface area contributed by atoms with E-state index in [1.807, 2.05) is 24.4 Å². The average molecular weight is 299 g/mol. The minimum atomic E-state index is -0.0987. The maximum Gasteiger partial charge on any atom is 0.265 e. The van der Waals surface area contributed by atoms with Gasteiger partial charge in [-0.2, -0.15) is 0 Å². The second kappa shape index (κ2) is 4.93. The summed E-state index contributed by atoms with van der Waals surface area (Å²) in [6, 6.07) is 4.04. The van der Waals surface area contributed by atoms with Crippen LogP contribution in [0.5, 0.6) is 0 Å². The lowest BCUT2D eigenvalue weighted by Crippen LogP contribution is -2.15. The van der Waals surface area contributed by atoms with E-state index >= 15 is 0 Å². The Kier molecular flexibility index (Phi) is 3.56. The molecule has 16 heavy (non-hydrogen) atoms. The topological polar surface area (TPSA) is 45.8 Å². The summed E-state index contributed by atoms with van der Waals surface area (Å²) in [5.41, 5.74) is 0.716. The van der Waals surface area contributed by atoms with Crippen molar-refractivity contribution in [3.05, 3.63) is 48.7 Å². The van der Waals surface area contributed by atoms with Crippen LogP contribution in [0.15, 0.2) is 26.8 Å². The Morgan fingerprint density at radius 1 is 1.56 bits per heavy atom. The Bertz CT molecular complexity index is 533. The number of H-pyrrole nitrogens is 1.